The number of ether oxygens (including phenoxy) is 2. The van der Waals surface area contributed by atoms with Gasteiger partial charge in [-0.05, 0) is 44.9 Å². The van der Waals surface area contributed by atoms with Crippen LogP contribution >= 0.6 is 0 Å². The zero-order valence-corrected chi connectivity index (χ0v) is 45.2. The average Bonchev–Trinajstić information content (AvgIpc) is 3.33. The van der Waals surface area contributed by atoms with Crippen LogP contribution in [0.3, 0.4) is 0 Å². The highest BCUT2D eigenvalue weighted by atomic mass is 16.6. The highest BCUT2D eigenvalue weighted by Crippen LogP contribution is 2.18. The molecule has 1 N–H and O–H groups in total. The van der Waals surface area contributed by atoms with Gasteiger partial charge in [0.25, 0.3) is 0 Å². The monoisotopic (exact) mass is 941 g/mol. The normalized spacial score (nSPS) is 12.3. The second-order valence-corrected chi connectivity index (χ2v) is 20.4. The van der Waals surface area contributed by atoms with E-state index in [-0.39, 0.29) is 25.2 Å². The molecule has 0 saturated heterocycles. The van der Waals surface area contributed by atoms with Crippen LogP contribution in [-0.4, -0.2) is 36.4 Å². The van der Waals surface area contributed by atoms with E-state index in [0.29, 0.717) is 12.8 Å². The van der Waals surface area contributed by atoms with Crippen LogP contribution in [0.15, 0.2) is 36.5 Å². The Morgan fingerprint density at radius 1 is 0.358 bits per heavy atom. The van der Waals surface area contributed by atoms with Gasteiger partial charge in [-0.1, -0.05) is 307 Å². The molecule has 67 heavy (non-hydrogen) atoms. The molecule has 0 aromatic heterocycles. The van der Waals surface area contributed by atoms with Crippen molar-refractivity contribution in [1.82, 2.24) is 0 Å². The van der Waals surface area contributed by atoms with Crippen molar-refractivity contribution in [2.45, 2.75) is 335 Å². The van der Waals surface area contributed by atoms with E-state index in [1.807, 2.05) is 0 Å². The molecule has 0 fully saturated rings. The lowest BCUT2D eigenvalue weighted by Gasteiger charge is -2.15. The van der Waals surface area contributed by atoms with E-state index < -0.39 is 6.10 Å². The van der Waals surface area contributed by atoms with E-state index >= 15 is 0 Å². The number of allylic oxidation sites excluding steroid dienone is 6. The van der Waals surface area contributed by atoms with Crippen molar-refractivity contribution in [1.29, 1.82) is 0 Å². The van der Waals surface area contributed by atoms with E-state index in [0.717, 1.165) is 64.2 Å². The lowest BCUT2D eigenvalue weighted by atomic mass is 10.0. The summed E-state index contributed by atoms with van der Waals surface area (Å²) in [4.78, 5) is 24.5. The van der Waals surface area contributed by atoms with Crippen LogP contribution in [0, 0.1) is 0 Å². The Morgan fingerprint density at radius 2 is 0.642 bits per heavy atom. The zero-order valence-electron chi connectivity index (χ0n) is 45.2. The number of unbranched alkanes of at least 4 members (excludes halogenated alkanes) is 42. The standard InChI is InChI=1S/C62H116O5/c1-3-5-7-9-11-13-15-17-19-21-22-23-24-25-26-27-28-29-30-31-32-33-34-35-36-37-38-39-41-42-44-46-48-50-52-54-56-61(64)66-59-60(58-63)67-62(65)57-55-53-51-49-47-45-43-40-20-18-16-14-12-10-8-6-4-2/h6,8,12,14,18,20,60,63H,3-5,7,9-11,13,15-17,19,21-59H2,1-2H3/b8-6-,14-12-,20-18-. The van der Waals surface area contributed by atoms with Gasteiger partial charge in [0.1, 0.15) is 6.61 Å². The zero-order chi connectivity index (χ0) is 48.5. The van der Waals surface area contributed by atoms with Gasteiger partial charge in [0.15, 0.2) is 6.10 Å². The quantitative estimate of drug-likeness (QED) is 0.0374. The molecule has 0 aromatic carbocycles. The highest BCUT2D eigenvalue weighted by molar-refractivity contribution is 5.70. The number of hydrogen-bond donors (Lipinski definition) is 1. The highest BCUT2D eigenvalue weighted by Gasteiger charge is 2.16. The maximum absolute atomic E-state index is 12.3. The fourth-order valence-electron chi connectivity index (χ4n) is 9.22. The lowest BCUT2D eigenvalue weighted by molar-refractivity contribution is -0.161. The number of carbonyl (C=O) groups excluding carboxylic acids is 2. The van der Waals surface area contributed by atoms with Gasteiger partial charge in [-0.3, -0.25) is 9.59 Å². The molecule has 0 amide bonds. The Morgan fingerprint density at radius 3 is 0.970 bits per heavy atom. The minimum Gasteiger partial charge on any atom is -0.462 e. The summed E-state index contributed by atoms with van der Waals surface area (Å²) in [7, 11) is 0. The summed E-state index contributed by atoms with van der Waals surface area (Å²) in [5, 5.41) is 9.64. The van der Waals surface area contributed by atoms with Gasteiger partial charge >= 0.3 is 11.9 Å². The van der Waals surface area contributed by atoms with Crippen molar-refractivity contribution in [2.24, 2.45) is 0 Å². The number of hydrogen-bond acceptors (Lipinski definition) is 5. The Balaban J connectivity index is 3.37. The number of aliphatic hydroxyl groups is 1. The molecule has 1 unspecified atom stereocenters. The van der Waals surface area contributed by atoms with Crippen LogP contribution in [0.4, 0.5) is 0 Å². The third kappa shape index (κ3) is 56.6. The van der Waals surface area contributed by atoms with Gasteiger partial charge < -0.3 is 14.6 Å². The maximum Gasteiger partial charge on any atom is 0.306 e. The fraction of sp³-hybridized carbons (Fsp3) is 0.871. The molecule has 0 aliphatic rings. The van der Waals surface area contributed by atoms with Crippen LogP contribution in [0.2, 0.25) is 0 Å². The fourth-order valence-corrected chi connectivity index (χ4v) is 9.22. The van der Waals surface area contributed by atoms with Crippen LogP contribution < -0.4 is 0 Å². The van der Waals surface area contributed by atoms with Crippen molar-refractivity contribution >= 4 is 11.9 Å². The Kier molecular flexibility index (Phi) is 56.8. The summed E-state index contributed by atoms with van der Waals surface area (Å²) >= 11 is 0. The molecule has 394 valence electrons. The molecule has 0 aliphatic heterocycles. The summed E-state index contributed by atoms with van der Waals surface area (Å²) in [5.74, 6) is -0.587. The van der Waals surface area contributed by atoms with E-state index in [2.05, 4.69) is 50.3 Å². The van der Waals surface area contributed by atoms with E-state index in [4.69, 9.17) is 9.47 Å². The van der Waals surface area contributed by atoms with Crippen molar-refractivity contribution in [2.75, 3.05) is 13.2 Å². The van der Waals surface area contributed by atoms with Crippen LogP contribution in [0.1, 0.15) is 328 Å². The summed E-state index contributed by atoms with van der Waals surface area (Å²) in [5.41, 5.74) is 0. The average molecular weight is 942 g/mol. The number of esters is 2. The topological polar surface area (TPSA) is 72.8 Å². The smallest absolute Gasteiger partial charge is 0.306 e. The minimum atomic E-state index is -0.776. The Bertz CT molecular complexity index is 1060. The van der Waals surface area contributed by atoms with E-state index in [1.165, 1.54) is 238 Å². The second-order valence-electron chi connectivity index (χ2n) is 20.4. The number of rotatable bonds is 56. The minimum absolute atomic E-state index is 0.0662. The first kappa shape index (κ1) is 65.1. The molecule has 0 spiro atoms. The lowest BCUT2D eigenvalue weighted by Crippen LogP contribution is -2.28. The predicted molar refractivity (Wildman–Crippen MR) is 293 cm³/mol. The summed E-state index contributed by atoms with van der Waals surface area (Å²) in [6.45, 7) is 4.06. The number of carbonyl (C=O) groups is 2. The number of aliphatic hydroxyl groups excluding tert-OH is 1. The second kappa shape index (κ2) is 58.4. The third-order valence-corrected chi connectivity index (χ3v) is 13.7. The molecule has 0 saturated carbocycles. The maximum atomic E-state index is 12.3. The third-order valence-electron chi connectivity index (χ3n) is 13.7. The van der Waals surface area contributed by atoms with Crippen LogP contribution in [0.25, 0.3) is 0 Å². The molecule has 0 rings (SSSR count). The van der Waals surface area contributed by atoms with E-state index in [1.54, 1.807) is 0 Å². The first-order chi connectivity index (χ1) is 33.1. The van der Waals surface area contributed by atoms with Gasteiger partial charge in [0.05, 0.1) is 6.61 Å². The van der Waals surface area contributed by atoms with Gasteiger partial charge in [0, 0.05) is 12.8 Å². The molecule has 0 heterocycles. The molecular weight excluding hydrogens is 825 g/mol. The van der Waals surface area contributed by atoms with Gasteiger partial charge in [0.2, 0.25) is 0 Å². The molecular formula is C62H116O5. The summed E-state index contributed by atoms with van der Waals surface area (Å²) in [6.07, 6.45) is 75.9. The first-order valence-electron chi connectivity index (χ1n) is 30.0. The predicted octanol–water partition coefficient (Wildman–Crippen LogP) is 20.3. The molecule has 0 aliphatic carbocycles. The van der Waals surface area contributed by atoms with Crippen LogP contribution in [0.5, 0.6) is 0 Å². The molecule has 0 radical (unpaired) electrons. The van der Waals surface area contributed by atoms with Gasteiger partial charge in [-0.15, -0.1) is 0 Å². The van der Waals surface area contributed by atoms with Crippen molar-refractivity contribution < 1.29 is 24.2 Å². The van der Waals surface area contributed by atoms with Crippen molar-refractivity contribution in [3.05, 3.63) is 36.5 Å². The summed E-state index contributed by atoms with van der Waals surface area (Å²) in [6, 6.07) is 0. The van der Waals surface area contributed by atoms with Gasteiger partial charge in [-0.2, -0.15) is 0 Å². The van der Waals surface area contributed by atoms with Crippen molar-refractivity contribution in [3.63, 3.8) is 0 Å². The van der Waals surface area contributed by atoms with Crippen LogP contribution in [-0.2, 0) is 19.1 Å². The van der Waals surface area contributed by atoms with Crippen molar-refractivity contribution in [3.8, 4) is 0 Å². The SMILES string of the molecule is CC/C=C\C/C=C\C/C=C\CCCCCCCCCC(=O)OC(CO)COC(=O)CCCCCCCCCCCCCCCCCCCCCCCCCCCCCCCCCCCCCC. The molecule has 1 atom stereocenters. The molecule has 5 heteroatoms. The Labute approximate surface area is 418 Å². The van der Waals surface area contributed by atoms with Gasteiger partial charge in [-0.25, -0.2) is 0 Å². The Hall–Kier alpha value is -1.88. The molecule has 0 bridgehead atoms. The summed E-state index contributed by atoms with van der Waals surface area (Å²) < 4.78 is 10.7. The van der Waals surface area contributed by atoms with E-state index in [9.17, 15) is 14.7 Å². The largest absolute Gasteiger partial charge is 0.462 e. The molecule has 0 aromatic rings. The molecule has 5 nitrogen and oxygen atoms in total. The first-order valence-corrected chi connectivity index (χ1v) is 30.0.